The Balaban J connectivity index is 0.00000210. The monoisotopic (exact) mass is 405 g/mol. The maximum Gasteiger partial charge on any atom is 0.225 e. The van der Waals surface area contributed by atoms with Gasteiger partial charge in [-0.1, -0.05) is 25.0 Å². The molecular weight excluding hydrogens is 382 g/mol. The zero-order valence-corrected chi connectivity index (χ0v) is 16.9. The first kappa shape index (κ1) is 19.9. The summed E-state index contributed by atoms with van der Waals surface area (Å²) in [7, 11) is 0. The van der Waals surface area contributed by atoms with Crippen molar-refractivity contribution in [3.8, 4) is 10.8 Å². The molecule has 1 aliphatic carbocycles. The van der Waals surface area contributed by atoms with Crippen LogP contribution in [0.4, 0.5) is 0 Å². The van der Waals surface area contributed by atoms with Gasteiger partial charge in [-0.15, -0.1) is 23.7 Å². The average molecular weight is 406 g/mol. The van der Waals surface area contributed by atoms with E-state index in [1.165, 1.54) is 0 Å². The van der Waals surface area contributed by atoms with Gasteiger partial charge in [0.1, 0.15) is 5.76 Å². The van der Waals surface area contributed by atoms with Gasteiger partial charge in [-0.2, -0.15) is 0 Å². The zero-order chi connectivity index (χ0) is 18.1. The largest absolute Gasteiger partial charge is 0.457 e. The minimum absolute atomic E-state index is 0. The van der Waals surface area contributed by atoms with Crippen LogP contribution in [0.15, 0.2) is 40.8 Å². The Morgan fingerprint density at radius 1 is 1.33 bits per heavy atom. The molecule has 2 heterocycles. The lowest BCUT2D eigenvalue weighted by Crippen LogP contribution is -2.52. The minimum atomic E-state index is -0.419. The molecule has 2 aromatic heterocycles. The van der Waals surface area contributed by atoms with Gasteiger partial charge in [0.15, 0.2) is 10.8 Å². The van der Waals surface area contributed by atoms with E-state index in [0.29, 0.717) is 6.54 Å². The SMILES string of the molecule is CC1(N)CCCCC1C(=O)NCc1ccc(-c2nc3ccccc3s2)o1.Cl. The molecular formula is C20H24ClN3O2S. The van der Waals surface area contributed by atoms with Crippen molar-refractivity contribution in [3.05, 3.63) is 42.2 Å². The number of furan rings is 1. The quantitative estimate of drug-likeness (QED) is 0.669. The van der Waals surface area contributed by atoms with Crippen LogP contribution in [-0.4, -0.2) is 16.4 Å². The van der Waals surface area contributed by atoms with Crippen molar-refractivity contribution in [1.29, 1.82) is 0 Å². The van der Waals surface area contributed by atoms with Crippen molar-refractivity contribution in [1.82, 2.24) is 10.3 Å². The fourth-order valence-corrected chi connectivity index (χ4v) is 4.58. The lowest BCUT2D eigenvalue weighted by Gasteiger charge is -2.37. The van der Waals surface area contributed by atoms with Crippen molar-refractivity contribution in [3.63, 3.8) is 0 Å². The van der Waals surface area contributed by atoms with Crippen LogP contribution >= 0.6 is 23.7 Å². The fraction of sp³-hybridized carbons (Fsp3) is 0.400. The number of rotatable bonds is 4. The summed E-state index contributed by atoms with van der Waals surface area (Å²) in [6.07, 6.45) is 3.91. The van der Waals surface area contributed by atoms with Crippen LogP contribution in [-0.2, 0) is 11.3 Å². The standard InChI is InChI=1S/C20H23N3O2S.ClH/c1-20(21)11-5-4-6-14(20)18(24)22-12-13-9-10-16(25-13)19-23-15-7-2-3-8-17(15)26-19;/h2-3,7-10,14H,4-6,11-12,21H2,1H3,(H,22,24);1H. The Labute approximate surface area is 168 Å². The molecule has 0 bridgehead atoms. The summed E-state index contributed by atoms with van der Waals surface area (Å²) in [5, 5.41) is 3.84. The molecule has 1 aliphatic rings. The maximum absolute atomic E-state index is 12.5. The second-order valence-electron chi connectivity index (χ2n) is 7.27. The average Bonchev–Trinajstić information content (AvgIpc) is 3.25. The molecule has 1 aromatic carbocycles. The number of carbonyl (C=O) groups is 1. The van der Waals surface area contributed by atoms with E-state index >= 15 is 0 Å². The number of nitrogens with two attached hydrogens (primary N) is 1. The predicted molar refractivity (Wildman–Crippen MR) is 111 cm³/mol. The highest BCUT2D eigenvalue weighted by molar-refractivity contribution is 7.21. The molecule has 7 heteroatoms. The molecule has 5 nitrogen and oxygen atoms in total. The first-order valence-electron chi connectivity index (χ1n) is 9.04. The number of nitrogens with zero attached hydrogens (tertiary/aromatic N) is 1. The van der Waals surface area contributed by atoms with Crippen LogP contribution in [0.1, 0.15) is 38.4 Å². The van der Waals surface area contributed by atoms with Gasteiger partial charge in [0, 0.05) is 5.54 Å². The first-order chi connectivity index (χ1) is 12.5. The number of hydrogen-bond acceptors (Lipinski definition) is 5. The van der Waals surface area contributed by atoms with Crippen LogP contribution in [0.2, 0.25) is 0 Å². The predicted octanol–water partition coefficient (Wildman–Crippen LogP) is 4.50. The van der Waals surface area contributed by atoms with Gasteiger partial charge in [0.2, 0.25) is 5.91 Å². The van der Waals surface area contributed by atoms with Gasteiger partial charge in [0.25, 0.3) is 0 Å². The number of carbonyl (C=O) groups excluding carboxylic acids is 1. The highest BCUT2D eigenvalue weighted by atomic mass is 35.5. The second-order valence-corrected chi connectivity index (χ2v) is 8.31. The summed E-state index contributed by atoms with van der Waals surface area (Å²) in [5.41, 5.74) is 6.87. The third-order valence-electron chi connectivity index (χ3n) is 5.17. The lowest BCUT2D eigenvalue weighted by molar-refractivity contribution is -0.128. The molecule has 0 saturated heterocycles. The second kappa shape index (κ2) is 8.00. The van der Waals surface area contributed by atoms with Gasteiger partial charge in [0.05, 0.1) is 22.7 Å². The van der Waals surface area contributed by atoms with E-state index in [9.17, 15) is 4.79 Å². The molecule has 1 saturated carbocycles. The Morgan fingerprint density at radius 3 is 2.93 bits per heavy atom. The van der Waals surface area contributed by atoms with E-state index in [4.69, 9.17) is 10.2 Å². The lowest BCUT2D eigenvalue weighted by atomic mass is 9.74. The molecule has 0 spiro atoms. The molecule has 0 aliphatic heterocycles. The summed E-state index contributed by atoms with van der Waals surface area (Å²) in [5.74, 6) is 1.35. The van der Waals surface area contributed by atoms with Crippen molar-refractivity contribution >= 4 is 39.9 Å². The van der Waals surface area contributed by atoms with E-state index in [1.54, 1.807) is 11.3 Å². The highest BCUT2D eigenvalue weighted by Gasteiger charge is 2.37. The van der Waals surface area contributed by atoms with Crippen molar-refractivity contribution in [2.45, 2.75) is 44.7 Å². The molecule has 2 unspecified atom stereocenters. The molecule has 3 aromatic rings. The molecule has 144 valence electrons. The number of halogens is 1. The molecule has 2 atom stereocenters. The summed E-state index contributed by atoms with van der Waals surface area (Å²) >= 11 is 1.60. The Kier molecular flexibility index (Phi) is 5.89. The summed E-state index contributed by atoms with van der Waals surface area (Å²) in [4.78, 5) is 17.1. The van der Waals surface area contributed by atoms with Crippen LogP contribution in [0.5, 0.6) is 0 Å². The van der Waals surface area contributed by atoms with Gasteiger partial charge in [-0.05, 0) is 44.0 Å². The molecule has 4 rings (SSSR count). The van der Waals surface area contributed by atoms with Crippen LogP contribution in [0.3, 0.4) is 0 Å². The van der Waals surface area contributed by atoms with E-state index in [-0.39, 0.29) is 24.2 Å². The van der Waals surface area contributed by atoms with E-state index in [0.717, 1.165) is 52.4 Å². The van der Waals surface area contributed by atoms with E-state index in [2.05, 4.69) is 16.4 Å². The molecule has 27 heavy (non-hydrogen) atoms. The third kappa shape index (κ3) is 4.18. The summed E-state index contributed by atoms with van der Waals surface area (Å²) in [6, 6.07) is 11.8. The summed E-state index contributed by atoms with van der Waals surface area (Å²) in [6.45, 7) is 2.35. The molecule has 0 radical (unpaired) electrons. The number of benzene rings is 1. The number of nitrogens with one attached hydrogen (secondary N) is 1. The van der Waals surface area contributed by atoms with Gasteiger partial charge in [-0.25, -0.2) is 4.98 Å². The van der Waals surface area contributed by atoms with E-state index < -0.39 is 5.54 Å². The summed E-state index contributed by atoms with van der Waals surface area (Å²) < 4.78 is 7.02. The minimum Gasteiger partial charge on any atom is -0.457 e. The van der Waals surface area contributed by atoms with Gasteiger partial charge >= 0.3 is 0 Å². The molecule has 1 fully saturated rings. The zero-order valence-electron chi connectivity index (χ0n) is 15.2. The molecule has 3 N–H and O–H groups in total. The fourth-order valence-electron chi connectivity index (χ4n) is 3.65. The van der Waals surface area contributed by atoms with Crippen molar-refractivity contribution in [2.24, 2.45) is 11.7 Å². The number of para-hydroxylation sites is 1. The Morgan fingerprint density at radius 2 is 2.15 bits per heavy atom. The normalized spacial score (nSPS) is 22.4. The number of aromatic nitrogens is 1. The topological polar surface area (TPSA) is 81.2 Å². The molecule has 1 amide bonds. The van der Waals surface area contributed by atoms with Gasteiger partial charge < -0.3 is 15.5 Å². The Bertz CT molecular complexity index is 901. The van der Waals surface area contributed by atoms with Crippen molar-refractivity contribution in [2.75, 3.05) is 0 Å². The highest BCUT2D eigenvalue weighted by Crippen LogP contribution is 2.32. The third-order valence-corrected chi connectivity index (χ3v) is 6.22. The van der Waals surface area contributed by atoms with Crippen LogP contribution in [0.25, 0.3) is 21.0 Å². The first-order valence-corrected chi connectivity index (χ1v) is 9.86. The smallest absolute Gasteiger partial charge is 0.225 e. The van der Waals surface area contributed by atoms with Crippen LogP contribution in [0, 0.1) is 5.92 Å². The van der Waals surface area contributed by atoms with Crippen molar-refractivity contribution < 1.29 is 9.21 Å². The van der Waals surface area contributed by atoms with E-state index in [1.807, 2.05) is 37.3 Å². The number of thiazole rings is 1. The Hall–Kier alpha value is -1.89. The number of fused-ring (bicyclic) bond motifs is 1. The van der Waals surface area contributed by atoms with Crippen LogP contribution < -0.4 is 11.1 Å². The number of amides is 1. The van der Waals surface area contributed by atoms with Gasteiger partial charge in [-0.3, -0.25) is 4.79 Å². The number of hydrogen-bond donors (Lipinski definition) is 2. The maximum atomic E-state index is 12.5.